The monoisotopic (exact) mass is 416 g/mol. The molecule has 0 aliphatic carbocycles. The van der Waals surface area contributed by atoms with Gasteiger partial charge in [0.1, 0.15) is 0 Å². The molecule has 2 rings (SSSR count). The predicted molar refractivity (Wildman–Crippen MR) is 94.2 cm³/mol. The molecular weight excluding hydrogens is 400 g/mol. The van der Waals surface area contributed by atoms with E-state index in [0.29, 0.717) is 6.54 Å². The summed E-state index contributed by atoms with van der Waals surface area (Å²) in [6.07, 6.45) is 0. The molecule has 0 aliphatic heterocycles. The summed E-state index contributed by atoms with van der Waals surface area (Å²) in [5.74, 6) is 0. The second kappa shape index (κ2) is 7.18. The van der Waals surface area contributed by atoms with Crippen molar-refractivity contribution in [3.8, 4) is 0 Å². The molecule has 0 spiro atoms. The summed E-state index contributed by atoms with van der Waals surface area (Å²) in [5, 5.41) is 2.11. The van der Waals surface area contributed by atoms with E-state index in [0.717, 1.165) is 15.5 Å². The van der Waals surface area contributed by atoms with E-state index in [1.54, 1.807) is 11.3 Å². The van der Waals surface area contributed by atoms with Gasteiger partial charge in [-0.25, -0.2) is 0 Å². The molecule has 1 atom stereocenters. The number of nitrogens with two attached hydrogens (primary N) is 1. The van der Waals surface area contributed by atoms with Crippen LogP contribution < -0.4 is 5.73 Å². The largest absolute Gasteiger partial charge is 0.329 e. The number of hydrogen-bond donors (Lipinski definition) is 1. The fourth-order valence-electron chi connectivity index (χ4n) is 2.18. The van der Waals surface area contributed by atoms with Crippen molar-refractivity contribution in [1.82, 2.24) is 4.90 Å². The number of rotatable bonds is 5. The number of likely N-dealkylation sites (N-methyl/N-ethyl adjacent to an activating group) is 1. The van der Waals surface area contributed by atoms with E-state index in [9.17, 15) is 0 Å². The summed E-state index contributed by atoms with van der Waals surface area (Å²) in [7, 11) is 2.12. The lowest BCUT2D eigenvalue weighted by Gasteiger charge is -2.27. The van der Waals surface area contributed by atoms with Gasteiger partial charge in [0, 0.05) is 38.3 Å². The Hall–Kier alpha value is -0.200. The fourth-order valence-corrected chi connectivity index (χ4v) is 4.09. The van der Waals surface area contributed by atoms with Gasteiger partial charge in [0.25, 0.3) is 0 Å². The summed E-state index contributed by atoms with van der Waals surface area (Å²) < 4.78 is 2.29. The Kier molecular flexibility index (Phi) is 5.81. The molecule has 2 N–H and O–H groups in total. The van der Waals surface area contributed by atoms with Crippen molar-refractivity contribution in [2.45, 2.75) is 19.5 Å². The van der Waals surface area contributed by atoms with Crippen LogP contribution in [0.2, 0.25) is 0 Å². The highest BCUT2D eigenvalue weighted by Crippen LogP contribution is 2.27. The van der Waals surface area contributed by atoms with Gasteiger partial charge in [-0.05, 0) is 53.2 Å². The van der Waals surface area contributed by atoms with Crippen LogP contribution in [0.5, 0.6) is 0 Å². The lowest BCUT2D eigenvalue weighted by molar-refractivity contribution is 0.244. The van der Waals surface area contributed by atoms with E-state index in [1.165, 1.54) is 16.0 Å². The third-order valence-corrected chi connectivity index (χ3v) is 5.90. The van der Waals surface area contributed by atoms with E-state index < -0.39 is 0 Å². The molecule has 0 saturated carbocycles. The zero-order valence-corrected chi connectivity index (χ0v) is 15.6. The topological polar surface area (TPSA) is 29.3 Å². The first-order valence-electron chi connectivity index (χ1n) is 6.40. The van der Waals surface area contributed by atoms with E-state index in [1.807, 2.05) is 0 Å². The van der Waals surface area contributed by atoms with Crippen molar-refractivity contribution in [2.75, 3.05) is 13.6 Å². The summed E-state index contributed by atoms with van der Waals surface area (Å²) in [6, 6.07) is 8.87. The van der Waals surface area contributed by atoms with Gasteiger partial charge in [-0.1, -0.05) is 28.1 Å². The SMILES string of the molecule is Cc1ccc(C(CN)N(C)Cc2cc(Br)cs2)cc1Br. The molecule has 2 aromatic rings. The van der Waals surface area contributed by atoms with Crippen molar-refractivity contribution < 1.29 is 0 Å². The van der Waals surface area contributed by atoms with Crippen LogP contribution in [0.4, 0.5) is 0 Å². The van der Waals surface area contributed by atoms with E-state index in [4.69, 9.17) is 5.73 Å². The molecule has 1 aromatic heterocycles. The molecule has 0 amide bonds. The lowest BCUT2D eigenvalue weighted by atomic mass is 10.0. The van der Waals surface area contributed by atoms with E-state index in [-0.39, 0.29) is 6.04 Å². The number of aryl methyl sites for hydroxylation is 1. The Morgan fingerprint density at radius 2 is 2.05 bits per heavy atom. The molecule has 1 unspecified atom stereocenters. The highest BCUT2D eigenvalue weighted by molar-refractivity contribution is 9.10. The average molecular weight is 418 g/mol. The molecule has 0 aliphatic rings. The highest BCUT2D eigenvalue weighted by Gasteiger charge is 2.17. The molecule has 2 nitrogen and oxygen atoms in total. The molecule has 0 radical (unpaired) electrons. The number of benzene rings is 1. The van der Waals surface area contributed by atoms with Gasteiger partial charge in [0.15, 0.2) is 0 Å². The summed E-state index contributed by atoms with van der Waals surface area (Å²) >= 11 is 8.87. The highest BCUT2D eigenvalue weighted by atomic mass is 79.9. The zero-order valence-electron chi connectivity index (χ0n) is 11.6. The first kappa shape index (κ1) is 16.2. The summed E-state index contributed by atoms with van der Waals surface area (Å²) in [4.78, 5) is 3.64. The van der Waals surface area contributed by atoms with Crippen molar-refractivity contribution in [2.24, 2.45) is 5.73 Å². The second-order valence-corrected chi connectivity index (χ2v) is 7.67. The Morgan fingerprint density at radius 3 is 2.60 bits per heavy atom. The third kappa shape index (κ3) is 3.92. The van der Waals surface area contributed by atoms with Crippen molar-refractivity contribution >= 4 is 43.2 Å². The lowest BCUT2D eigenvalue weighted by Crippen LogP contribution is -2.30. The maximum atomic E-state index is 5.99. The number of nitrogens with zero attached hydrogens (tertiary/aromatic N) is 1. The van der Waals surface area contributed by atoms with Gasteiger partial charge in [-0.15, -0.1) is 11.3 Å². The Morgan fingerprint density at radius 1 is 1.30 bits per heavy atom. The molecule has 1 heterocycles. The molecular formula is C15H18Br2N2S. The minimum atomic E-state index is 0.229. The number of halogens is 2. The molecule has 0 saturated heterocycles. The van der Waals surface area contributed by atoms with Crippen LogP contribution in [0.1, 0.15) is 22.0 Å². The molecule has 0 fully saturated rings. The minimum Gasteiger partial charge on any atom is -0.329 e. The quantitative estimate of drug-likeness (QED) is 0.762. The molecule has 5 heteroatoms. The normalized spacial score (nSPS) is 12.9. The van der Waals surface area contributed by atoms with Crippen LogP contribution in [0, 0.1) is 6.92 Å². The maximum absolute atomic E-state index is 5.99. The zero-order chi connectivity index (χ0) is 14.7. The van der Waals surface area contributed by atoms with Crippen LogP contribution in [-0.4, -0.2) is 18.5 Å². The van der Waals surface area contributed by atoms with Crippen molar-refractivity contribution in [3.05, 3.63) is 54.6 Å². The van der Waals surface area contributed by atoms with Gasteiger partial charge < -0.3 is 5.73 Å². The van der Waals surface area contributed by atoms with Gasteiger partial charge in [-0.2, -0.15) is 0 Å². The molecule has 1 aromatic carbocycles. The van der Waals surface area contributed by atoms with Gasteiger partial charge in [-0.3, -0.25) is 4.90 Å². The van der Waals surface area contributed by atoms with E-state index in [2.05, 4.69) is 80.4 Å². The number of thiophene rings is 1. The van der Waals surface area contributed by atoms with Crippen LogP contribution in [0.3, 0.4) is 0 Å². The first-order valence-corrected chi connectivity index (χ1v) is 8.87. The second-order valence-electron chi connectivity index (χ2n) is 4.91. The maximum Gasteiger partial charge on any atom is 0.0471 e. The van der Waals surface area contributed by atoms with Crippen LogP contribution in [0.15, 0.2) is 38.6 Å². The Labute approximate surface area is 141 Å². The standard InChI is InChI=1S/C15H18Br2N2S/c1-10-3-4-11(5-14(10)17)15(7-18)19(2)8-13-6-12(16)9-20-13/h3-6,9,15H,7-8,18H2,1-2H3. The van der Waals surface area contributed by atoms with Crippen LogP contribution in [-0.2, 0) is 6.54 Å². The average Bonchev–Trinajstić information content (AvgIpc) is 2.80. The van der Waals surface area contributed by atoms with Gasteiger partial charge >= 0.3 is 0 Å². The molecule has 20 heavy (non-hydrogen) atoms. The molecule has 0 bridgehead atoms. The Bertz CT molecular complexity index is 583. The minimum absolute atomic E-state index is 0.229. The first-order chi connectivity index (χ1) is 9.51. The van der Waals surface area contributed by atoms with Gasteiger partial charge in [0.2, 0.25) is 0 Å². The summed E-state index contributed by atoms with van der Waals surface area (Å²) in [6.45, 7) is 3.61. The Balaban J connectivity index is 2.16. The third-order valence-electron chi connectivity index (χ3n) is 3.36. The molecule has 108 valence electrons. The smallest absolute Gasteiger partial charge is 0.0471 e. The predicted octanol–water partition coefficient (Wildman–Crippen LogP) is 4.71. The van der Waals surface area contributed by atoms with Crippen LogP contribution in [0.25, 0.3) is 0 Å². The number of hydrogen-bond acceptors (Lipinski definition) is 3. The summed E-state index contributed by atoms with van der Waals surface area (Å²) in [5.41, 5.74) is 8.49. The fraction of sp³-hybridized carbons (Fsp3) is 0.333. The van der Waals surface area contributed by atoms with E-state index >= 15 is 0 Å². The van der Waals surface area contributed by atoms with Gasteiger partial charge in [0.05, 0.1) is 0 Å². The van der Waals surface area contributed by atoms with Crippen molar-refractivity contribution in [3.63, 3.8) is 0 Å². The van der Waals surface area contributed by atoms with Crippen molar-refractivity contribution in [1.29, 1.82) is 0 Å². The van der Waals surface area contributed by atoms with Crippen LogP contribution >= 0.6 is 43.2 Å².